The van der Waals surface area contributed by atoms with Gasteiger partial charge in [-0.3, -0.25) is 0 Å². The van der Waals surface area contributed by atoms with Gasteiger partial charge in [-0.1, -0.05) is 29.5 Å². The van der Waals surface area contributed by atoms with E-state index in [-0.39, 0.29) is 27.1 Å². The van der Waals surface area contributed by atoms with Gasteiger partial charge in [-0.15, -0.1) is 0 Å². The summed E-state index contributed by atoms with van der Waals surface area (Å²) in [6.07, 6.45) is 1.85. The van der Waals surface area contributed by atoms with Crippen molar-refractivity contribution in [1.29, 1.82) is 0 Å². The van der Waals surface area contributed by atoms with Gasteiger partial charge in [-0.25, -0.2) is 0 Å². The fourth-order valence-electron chi connectivity index (χ4n) is 4.67. The van der Waals surface area contributed by atoms with Crippen LogP contribution in [-0.4, -0.2) is 33.5 Å². The van der Waals surface area contributed by atoms with Crippen LogP contribution < -0.4 is 9.47 Å². The summed E-state index contributed by atoms with van der Waals surface area (Å²) in [5, 5.41) is 33.3. The normalized spacial score (nSPS) is 17.9. The molecule has 0 bridgehead atoms. The molecule has 1 aliphatic rings. The number of rotatable bonds is 3. The number of phenols is 2. The lowest BCUT2D eigenvalue weighted by Gasteiger charge is -2.30. The summed E-state index contributed by atoms with van der Waals surface area (Å²) in [5.74, 6) is 1.39. The number of benzene rings is 3. The van der Waals surface area contributed by atoms with Crippen LogP contribution in [0.1, 0.15) is 35.1 Å². The molecule has 3 N–H and O–H groups in total. The highest BCUT2D eigenvalue weighted by Crippen LogP contribution is 2.53. The van der Waals surface area contributed by atoms with Crippen molar-refractivity contribution in [2.24, 2.45) is 0 Å². The lowest BCUT2D eigenvalue weighted by molar-refractivity contribution is 0.409. The highest BCUT2D eigenvalue weighted by atomic mass is 127. The van der Waals surface area contributed by atoms with Crippen LogP contribution in [0.4, 0.5) is 0 Å². The molecule has 0 fully saturated rings. The largest absolute Gasteiger partial charge is 0.508 e. The number of aromatic hydroxyl groups is 2. The van der Waals surface area contributed by atoms with E-state index in [0.29, 0.717) is 39.0 Å². The first-order valence-electron chi connectivity index (χ1n) is 9.99. The minimum absolute atomic E-state index is 0.0220. The van der Waals surface area contributed by atoms with E-state index in [4.69, 9.17) is 9.47 Å². The van der Waals surface area contributed by atoms with Crippen LogP contribution in [0.5, 0.6) is 23.0 Å². The van der Waals surface area contributed by atoms with Gasteiger partial charge in [0.25, 0.3) is 0 Å². The Labute approximate surface area is 195 Å². The second kappa shape index (κ2) is 7.82. The molecule has 0 amide bonds. The summed E-state index contributed by atoms with van der Waals surface area (Å²) in [4.78, 5) is 0. The second-order valence-electron chi connectivity index (χ2n) is 8.00. The summed E-state index contributed by atoms with van der Waals surface area (Å²) in [6, 6.07) is 6.78. The fraction of sp³-hybridized carbons (Fsp3) is 0.280. The van der Waals surface area contributed by atoms with Crippen molar-refractivity contribution in [3.05, 3.63) is 52.6 Å². The Morgan fingerprint density at radius 1 is 0.839 bits per heavy atom. The lowest BCUT2D eigenvalue weighted by atomic mass is 9.79. The van der Waals surface area contributed by atoms with Crippen LogP contribution in [0.2, 0.25) is 0 Å². The molecule has 2 atom stereocenters. The topological polar surface area (TPSA) is 79.2 Å². The Morgan fingerprint density at radius 3 is 2.10 bits per heavy atom. The van der Waals surface area contributed by atoms with E-state index in [9.17, 15) is 15.3 Å². The standard InChI is InChI=1S/C25H25IO5/c1-11-6-19(30-4)24(22-15(11)8-14(27)9-17(22)28)25-20(31-5)7-12(2)21-13(3)16(26)10-18(29)23(21)25/h6-10,13,16,27-29H,1-5H3. The number of alkyl halides is 1. The number of fused-ring (bicyclic) bond motifs is 2. The molecule has 31 heavy (non-hydrogen) atoms. The first-order valence-corrected chi connectivity index (χ1v) is 11.2. The second-order valence-corrected chi connectivity index (χ2v) is 9.44. The smallest absolute Gasteiger partial charge is 0.127 e. The van der Waals surface area contributed by atoms with Crippen LogP contribution in [0.15, 0.2) is 30.3 Å². The maximum Gasteiger partial charge on any atom is 0.127 e. The molecular formula is C25H25IO5. The molecule has 3 aromatic carbocycles. The van der Waals surface area contributed by atoms with Gasteiger partial charge < -0.3 is 24.8 Å². The van der Waals surface area contributed by atoms with Gasteiger partial charge in [-0.2, -0.15) is 0 Å². The molecular weight excluding hydrogens is 507 g/mol. The van der Waals surface area contributed by atoms with Gasteiger partial charge in [0.2, 0.25) is 0 Å². The van der Waals surface area contributed by atoms with Gasteiger partial charge in [0, 0.05) is 32.1 Å². The van der Waals surface area contributed by atoms with Crippen LogP contribution in [0, 0.1) is 13.8 Å². The predicted molar refractivity (Wildman–Crippen MR) is 132 cm³/mol. The van der Waals surface area contributed by atoms with E-state index in [1.165, 1.54) is 6.07 Å². The zero-order chi connectivity index (χ0) is 22.6. The molecule has 5 nitrogen and oxygen atoms in total. The number of methoxy groups -OCH3 is 2. The number of hydrogen-bond acceptors (Lipinski definition) is 5. The molecule has 0 saturated carbocycles. The molecule has 0 aromatic heterocycles. The highest BCUT2D eigenvalue weighted by molar-refractivity contribution is 14.1. The van der Waals surface area contributed by atoms with Crippen LogP contribution in [-0.2, 0) is 0 Å². The number of aliphatic hydroxyl groups is 1. The van der Waals surface area contributed by atoms with Gasteiger partial charge in [0.15, 0.2) is 0 Å². The zero-order valence-electron chi connectivity index (χ0n) is 18.1. The summed E-state index contributed by atoms with van der Waals surface area (Å²) >= 11 is 2.34. The molecule has 0 heterocycles. The number of phenolic OH excluding ortho intramolecular Hbond substituents is 2. The Bertz CT molecular complexity index is 1250. The van der Waals surface area contributed by atoms with E-state index in [1.807, 2.05) is 32.1 Å². The predicted octanol–water partition coefficient (Wildman–Crippen LogP) is 6.37. The molecule has 1 aliphatic carbocycles. The average Bonchev–Trinajstić information content (AvgIpc) is 2.71. The maximum atomic E-state index is 11.1. The first-order chi connectivity index (χ1) is 14.7. The van der Waals surface area contributed by atoms with Gasteiger partial charge >= 0.3 is 0 Å². The minimum atomic E-state index is -0.0672. The van der Waals surface area contributed by atoms with Crippen molar-refractivity contribution in [2.45, 2.75) is 30.6 Å². The molecule has 4 rings (SSSR count). The number of halogens is 1. The third-order valence-electron chi connectivity index (χ3n) is 6.11. The van der Waals surface area contributed by atoms with Gasteiger partial charge in [-0.05, 0) is 66.1 Å². The summed E-state index contributed by atoms with van der Waals surface area (Å²) in [7, 11) is 3.17. The van der Waals surface area contributed by atoms with E-state index < -0.39 is 0 Å². The Kier molecular flexibility index (Phi) is 5.45. The van der Waals surface area contributed by atoms with Crippen LogP contribution in [0.25, 0.3) is 27.7 Å². The Hall–Kier alpha value is -2.61. The van der Waals surface area contributed by atoms with Crippen molar-refractivity contribution in [3.63, 3.8) is 0 Å². The van der Waals surface area contributed by atoms with Crippen molar-refractivity contribution in [2.75, 3.05) is 14.2 Å². The van der Waals surface area contributed by atoms with E-state index in [0.717, 1.165) is 16.7 Å². The third-order valence-corrected chi connectivity index (χ3v) is 7.54. The molecule has 162 valence electrons. The highest BCUT2D eigenvalue weighted by Gasteiger charge is 2.33. The third kappa shape index (κ3) is 3.28. The average molecular weight is 532 g/mol. The van der Waals surface area contributed by atoms with Crippen molar-refractivity contribution < 1.29 is 24.8 Å². The van der Waals surface area contributed by atoms with Gasteiger partial charge in [0.1, 0.15) is 28.8 Å². The molecule has 3 aromatic rings. The number of aryl methyl sites for hydroxylation is 2. The number of ether oxygens (including phenoxy) is 2. The number of allylic oxidation sites excluding steroid dienone is 1. The molecule has 6 heteroatoms. The van der Waals surface area contributed by atoms with Crippen LogP contribution >= 0.6 is 22.6 Å². The van der Waals surface area contributed by atoms with Crippen molar-refractivity contribution >= 4 is 39.1 Å². The Balaban J connectivity index is 2.26. The Morgan fingerprint density at radius 2 is 1.45 bits per heavy atom. The number of aliphatic hydroxyl groups excluding tert-OH is 1. The number of hydrogen-bond donors (Lipinski definition) is 3. The monoisotopic (exact) mass is 532 g/mol. The molecule has 0 radical (unpaired) electrons. The maximum absolute atomic E-state index is 11.1. The molecule has 0 aliphatic heterocycles. The fourth-order valence-corrected chi connectivity index (χ4v) is 5.37. The van der Waals surface area contributed by atoms with Crippen molar-refractivity contribution in [1.82, 2.24) is 0 Å². The first kappa shape index (κ1) is 21.6. The summed E-state index contributed by atoms with van der Waals surface area (Å²) in [5.41, 5.74) is 4.89. The van der Waals surface area contributed by atoms with Crippen molar-refractivity contribution in [3.8, 4) is 34.1 Å². The van der Waals surface area contributed by atoms with Crippen LogP contribution in [0.3, 0.4) is 0 Å². The summed E-state index contributed by atoms with van der Waals surface area (Å²) < 4.78 is 11.7. The minimum Gasteiger partial charge on any atom is -0.508 e. The molecule has 2 unspecified atom stereocenters. The van der Waals surface area contributed by atoms with E-state index in [2.05, 4.69) is 29.5 Å². The lowest BCUT2D eigenvalue weighted by Crippen LogP contribution is -2.17. The van der Waals surface area contributed by atoms with Gasteiger partial charge in [0.05, 0.1) is 14.2 Å². The van der Waals surface area contributed by atoms with E-state index >= 15 is 0 Å². The quantitative estimate of drug-likeness (QED) is 0.270. The summed E-state index contributed by atoms with van der Waals surface area (Å²) in [6.45, 7) is 6.06. The SMILES string of the molecule is COc1cc(C)c2c(c1-c1c(OC)cc(C)c3cc(O)cc(O)c13)C(O)=CC(I)C2C. The zero-order valence-corrected chi connectivity index (χ0v) is 20.2. The molecule has 0 saturated heterocycles. The molecule has 0 spiro atoms. The van der Waals surface area contributed by atoms with E-state index in [1.54, 1.807) is 20.3 Å².